The van der Waals surface area contributed by atoms with Crippen molar-refractivity contribution in [3.63, 3.8) is 0 Å². The molecule has 1 aromatic heterocycles. The monoisotopic (exact) mass is 492 g/mol. The molecule has 168 valence electrons. The van der Waals surface area contributed by atoms with Crippen LogP contribution in [0.3, 0.4) is 0 Å². The molecule has 7 nitrogen and oxygen atoms in total. The number of aryl methyl sites for hydroxylation is 1. The maximum atomic E-state index is 12.8. The van der Waals surface area contributed by atoms with Crippen molar-refractivity contribution in [3.8, 4) is 10.6 Å². The molecule has 1 aliphatic rings. The third kappa shape index (κ3) is 5.02. The molecule has 1 fully saturated rings. The van der Waals surface area contributed by atoms with Crippen LogP contribution in [-0.4, -0.2) is 50.0 Å². The van der Waals surface area contributed by atoms with Gasteiger partial charge in [0.1, 0.15) is 16.5 Å². The number of carbonyl (C=O) groups is 1. The highest BCUT2D eigenvalue weighted by Gasteiger charge is 2.26. The summed E-state index contributed by atoms with van der Waals surface area (Å²) in [6.45, 7) is 3.11. The molecule has 2 aromatic carbocycles. The van der Waals surface area contributed by atoms with Gasteiger partial charge in [0.05, 0.1) is 23.8 Å². The Morgan fingerprint density at radius 2 is 1.91 bits per heavy atom. The van der Waals surface area contributed by atoms with Crippen LogP contribution in [0.1, 0.15) is 20.9 Å². The normalized spacial score (nSPS) is 14.9. The molecule has 0 aliphatic carbocycles. The summed E-state index contributed by atoms with van der Waals surface area (Å²) in [5.74, 6) is -0.498. The molecule has 0 radical (unpaired) electrons. The predicted molar refractivity (Wildman–Crippen MR) is 122 cm³/mol. The van der Waals surface area contributed by atoms with Gasteiger partial charge in [-0.3, -0.25) is 0 Å². The number of benzene rings is 2. The highest BCUT2D eigenvalue weighted by atomic mass is 35.5. The molecule has 1 aliphatic heterocycles. The Hall–Kier alpha value is -2.30. The van der Waals surface area contributed by atoms with E-state index < -0.39 is 16.0 Å². The highest BCUT2D eigenvalue weighted by Crippen LogP contribution is 2.29. The highest BCUT2D eigenvalue weighted by molar-refractivity contribution is 7.89. The average molecular weight is 493 g/mol. The third-order valence-electron chi connectivity index (χ3n) is 4.95. The summed E-state index contributed by atoms with van der Waals surface area (Å²) >= 11 is 7.18. The Balaban J connectivity index is 1.46. The molecule has 0 N–H and O–H groups in total. The van der Waals surface area contributed by atoms with E-state index in [-0.39, 0.29) is 11.5 Å². The van der Waals surface area contributed by atoms with E-state index in [1.165, 1.54) is 21.7 Å². The first-order valence-corrected chi connectivity index (χ1v) is 12.6. The minimum atomic E-state index is -3.62. The van der Waals surface area contributed by atoms with Crippen LogP contribution >= 0.6 is 22.9 Å². The second kappa shape index (κ2) is 9.68. The van der Waals surface area contributed by atoms with E-state index in [4.69, 9.17) is 21.1 Å². The lowest BCUT2D eigenvalue weighted by atomic mass is 10.2. The molecule has 32 heavy (non-hydrogen) atoms. The van der Waals surface area contributed by atoms with Gasteiger partial charge in [-0.05, 0) is 36.8 Å². The lowest BCUT2D eigenvalue weighted by Crippen LogP contribution is -2.40. The second-order valence-electron chi connectivity index (χ2n) is 7.18. The number of morpholine rings is 1. The van der Waals surface area contributed by atoms with Crippen LogP contribution < -0.4 is 0 Å². The average Bonchev–Trinajstić information content (AvgIpc) is 3.20. The van der Waals surface area contributed by atoms with E-state index in [2.05, 4.69) is 4.98 Å². The number of hydrogen-bond acceptors (Lipinski definition) is 7. The molecule has 0 spiro atoms. The molecular weight excluding hydrogens is 472 g/mol. The fourth-order valence-corrected chi connectivity index (χ4v) is 5.82. The summed E-state index contributed by atoms with van der Waals surface area (Å²) in [4.78, 5) is 17.7. The second-order valence-corrected chi connectivity index (χ2v) is 10.6. The van der Waals surface area contributed by atoms with Gasteiger partial charge >= 0.3 is 5.97 Å². The Labute approximate surface area is 195 Å². The third-order valence-corrected chi connectivity index (χ3v) is 8.28. The zero-order valence-electron chi connectivity index (χ0n) is 17.3. The van der Waals surface area contributed by atoms with Gasteiger partial charge in [0, 0.05) is 23.7 Å². The number of rotatable bonds is 6. The molecular formula is C22H21ClN2O5S2. The van der Waals surface area contributed by atoms with E-state index in [0.717, 1.165) is 5.56 Å². The first kappa shape index (κ1) is 22.9. The standard InChI is InChI=1S/C22H21ClN2O5S2/c1-15-20(31-21(24-15)17-5-7-18(23)8-6-17)22(26)30-14-16-3-2-4-19(13-16)32(27,28)25-9-11-29-12-10-25/h2-8,13H,9-12,14H2,1H3. The first-order valence-electron chi connectivity index (χ1n) is 9.92. The van der Waals surface area contributed by atoms with Gasteiger partial charge in [-0.2, -0.15) is 4.31 Å². The summed E-state index contributed by atoms with van der Waals surface area (Å²) in [7, 11) is -3.62. The van der Waals surface area contributed by atoms with Crippen molar-refractivity contribution >= 4 is 38.9 Å². The molecule has 0 saturated carbocycles. The Morgan fingerprint density at radius 1 is 1.19 bits per heavy atom. The zero-order valence-corrected chi connectivity index (χ0v) is 19.7. The van der Waals surface area contributed by atoms with E-state index in [1.54, 1.807) is 37.3 Å². The van der Waals surface area contributed by atoms with Crippen LogP contribution in [0, 0.1) is 6.92 Å². The Morgan fingerprint density at radius 3 is 2.62 bits per heavy atom. The quantitative estimate of drug-likeness (QED) is 0.480. The number of hydrogen-bond donors (Lipinski definition) is 0. The van der Waals surface area contributed by atoms with Crippen molar-refractivity contribution < 1.29 is 22.7 Å². The molecule has 2 heterocycles. The van der Waals surface area contributed by atoms with Crippen molar-refractivity contribution in [1.29, 1.82) is 0 Å². The van der Waals surface area contributed by atoms with E-state index in [0.29, 0.717) is 52.5 Å². The molecule has 1 saturated heterocycles. The Kier molecular flexibility index (Phi) is 6.92. The minimum Gasteiger partial charge on any atom is -0.457 e. The number of ether oxygens (including phenoxy) is 2. The predicted octanol–water partition coefficient (Wildman–Crippen LogP) is 4.15. The number of sulfonamides is 1. The lowest BCUT2D eigenvalue weighted by molar-refractivity contribution is 0.0477. The fourth-order valence-electron chi connectivity index (χ4n) is 3.25. The molecule has 0 amide bonds. The molecule has 0 unspecified atom stereocenters. The van der Waals surface area contributed by atoms with Gasteiger partial charge in [-0.1, -0.05) is 35.9 Å². The number of nitrogens with zero attached hydrogens (tertiary/aromatic N) is 2. The van der Waals surface area contributed by atoms with Crippen molar-refractivity contribution in [2.45, 2.75) is 18.4 Å². The lowest BCUT2D eigenvalue weighted by Gasteiger charge is -2.26. The number of carbonyl (C=O) groups excluding carboxylic acids is 1. The smallest absolute Gasteiger partial charge is 0.350 e. The van der Waals surface area contributed by atoms with Gasteiger partial charge in [0.25, 0.3) is 0 Å². The van der Waals surface area contributed by atoms with E-state index >= 15 is 0 Å². The van der Waals surface area contributed by atoms with Crippen LogP contribution in [0.15, 0.2) is 53.4 Å². The van der Waals surface area contributed by atoms with Crippen LogP contribution in [0.4, 0.5) is 0 Å². The summed E-state index contributed by atoms with van der Waals surface area (Å²) in [6, 6.07) is 13.7. The maximum Gasteiger partial charge on any atom is 0.350 e. The number of aromatic nitrogens is 1. The summed E-state index contributed by atoms with van der Waals surface area (Å²) in [5, 5.41) is 1.32. The zero-order chi connectivity index (χ0) is 22.7. The largest absolute Gasteiger partial charge is 0.457 e. The van der Waals surface area contributed by atoms with Crippen LogP contribution in [0.5, 0.6) is 0 Å². The van der Waals surface area contributed by atoms with Gasteiger partial charge < -0.3 is 9.47 Å². The maximum absolute atomic E-state index is 12.8. The topological polar surface area (TPSA) is 85.8 Å². The van der Waals surface area contributed by atoms with E-state index in [9.17, 15) is 13.2 Å². The fraction of sp³-hybridized carbons (Fsp3) is 0.273. The number of thiazole rings is 1. The molecule has 10 heteroatoms. The minimum absolute atomic E-state index is 0.0427. The van der Waals surface area contributed by atoms with Crippen molar-refractivity contribution in [1.82, 2.24) is 9.29 Å². The summed E-state index contributed by atoms with van der Waals surface area (Å²) in [6.07, 6.45) is 0. The summed E-state index contributed by atoms with van der Waals surface area (Å²) in [5.41, 5.74) is 2.03. The number of halogens is 1. The summed E-state index contributed by atoms with van der Waals surface area (Å²) < 4.78 is 37.8. The number of esters is 1. The SMILES string of the molecule is Cc1nc(-c2ccc(Cl)cc2)sc1C(=O)OCc1cccc(S(=O)(=O)N2CCOCC2)c1. The Bertz CT molecular complexity index is 1220. The first-order chi connectivity index (χ1) is 15.3. The molecule has 0 atom stereocenters. The van der Waals surface area contributed by atoms with Crippen molar-refractivity contribution in [3.05, 3.63) is 69.7 Å². The van der Waals surface area contributed by atoms with E-state index in [1.807, 2.05) is 12.1 Å². The van der Waals surface area contributed by atoms with Crippen molar-refractivity contribution in [2.24, 2.45) is 0 Å². The van der Waals surface area contributed by atoms with Gasteiger partial charge in [0.15, 0.2) is 0 Å². The van der Waals surface area contributed by atoms with Gasteiger partial charge in [-0.15, -0.1) is 11.3 Å². The van der Waals surface area contributed by atoms with Crippen LogP contribution in [-0.2, 0) is 26.1 Å². The molecule has 0 bridgehead atoms. The van der Waals surface area contributed by atoms with Crippen LogP contribution in [0.25, 0.3) is 10.6 Å². The molecule has 4 rings (SSSR count). The van der Waals surface area contributed by atoms with Crippen molar-refractivity contribution in [2.75, 3.05) is 26.3 Å². The van der Waals surface area contributed by atoms with Gasteiger partial charge in [0.2, 0.25) is 10.0 Å². The van der Waals surface area contributed by atoms with Gasteiger partial charge in [-0.25, -0.2) is 18.2 Å². The van der Waals surface area contributed by atoms with Crippen LogP contribution in [0.2, 0.25) is 5.02 Å². The molecule has 3 aromatic rings.